The van der Waals surface area contributed by atoms with Gasteiger partial charge < -0.3 is 21.2 Å². The Morgan fingerprint density at radius 1 is 1.41 bits per heavy atom. The number of ether oxygens (including phenoxy) is 1. The fourth-order valence-electron chi connectivity index (χ4n) is 3.47. The summed E-state index contributed by atoms with van der Waals surface area (Å²) in [6.45, 7) is 1.02. The molecule has 1 amide bonds. The number of nitrogen functional groups attached to an aromatic ring is 1. The van der Waals surface area contributed by atoms with E-state index in [0.717, 1.165) is 12.5 Å². The van der Waals surface area contributed by atoms with Crippen LogP contribution in [-0.2, 0) is 11.8 Å². The highest BCUT2D eigenvalue weighted by molar-refractivity contribution is 6.09. The minimum atomic E-state index is -0.984. The topological polar surface area (TPSA) is 106 Å². The molecule has 1 fully saturated rings. The standard InChI is InChI=1S/C20H19F2N5O2.2H2/c1-27-16-7-14(21)17(18(22)13(16)8-25-27)20(28)26-11-2-3-15(23)12(6-11)19(24)10-4-5-29-9-10;;/h2-3,6-8,10,24H,4-5,9,23H2,1H3,(H,26,28);2*1H. The first-order chi connectivity index (χ1) is 13.9. The predicted molar refractivity (Wildman–Crippen MR) is 109 cm³/mol. The van der Waals surface area contributed by atoms with Crippen LogP contribution in [0.4, 0.5) is 20.2 Å². The van der Waals surface area contributed by atoms with Crippen molar-refractivity contribution in [2.45, 2.75) is 6.42 Å². The molecule has 0 aliphatic carbocycles. The van der Waals surface area contributed by atoms with Gasteiger partial charge in [-0.05, 0) is 24.6 Å². The van der Waals surface area contributed by atoms with Gasteiger partial charge in [0.25, 0.3) is 5.91 Å². The van der Waals surface area contributed by atoms with Gasteiger partial charge in [0, 0.05) is 51.1 Å². The average Bonchev–Trinajstić information content (AvgIpc) is 3.34. The number of hydrogen-bond acceptors (Lipinski definition) is 5. The highest BCUT2D eigenvalue weighted by atomic mass is 19.1. The van der Waals surface area contributed by atoms with Crippen LogP contribution >= 0.6 is 0 Å². The van der Waals surface area contributed by atoms with Gasteiger partial charge in [-0.1, -0.05) is 0 Å². The number of nitrogens with zero attached hydrogens (tertiary/aromatic N) is 2. The zero-order valence-electron chi connectivity index (χ0n) is 15.6. The lowest BCUT2D eigenvalue weighted by atomic mass is 9.94. The van der Waals surface area contributed by atoms with Gasteiger partial charge in [0.1, 0.15) is 17.2 Å². The van der Waals surface area contributed by atoms with Crippen molar-refractivity contribution in [1.82, 2.24) is 9.78 Å². The van der Waals surface area contributed by atoms with Gasteiger partial charge >= 0.3 is 0 Å². The molecule has 154 valence electrons. The van der Waals surface area contributed by atoms with Crippen LogP contribution in [0.2, 0.25) is 0 Å². The fraction of sp³-hybridized carbons (Fsp3) is 0.250. The van der Waals surface area contributed by atoms with Crippen LogP contribution in [0.1, 0.15) is 25.2 Å². The SMILES string of the molecule is Cn1ncc2c(F)c(C(=O)Nc3ccc(N)c(C(=N)C4CCOC4)c3)c(F)cc21.[HH].[HH]. The first-order valence-corrected chi connectivity index (χ1v) is 9.04. The molecule has 1 aliphatic rings. The van der Waals surface area contributed by atoms with Gasteiger partial charge in [-0.15, -0.1) is 0 Å². The molecule has 0 saturated carbocycles. The van der Waals surface area contributed by atoms with Crippen molar-refractivity contribution >= 4 is 33.9 Å². The third kappa shape index (κ3) is 3.33. The molecular weight excluding hydrogens is 380 g/mol. The number of carbonyl (C=O) groups is 1. The second kappa shape index (κ2) is 7.25. The number of aryl methyl sites for hydroxylation is 1. The van der Waals surface area contributed by atoms with Gasteiger partial charge in [0.15, 0.2) is 0 Å². The first-order valence-electron chi connectivity index (χ1n) is 9.04. The minimum absolute atomic E-state index is 0. The van der Waals surface area contributed by atoms with E-state index in [1.54, 1.807) is 13.1 Å². The number of nitrogens with one attached hydrogen (secondary N) is 2. The Kier molecular flexibility index (Phi) is 4.75. The second-order valence-corrected chi connectivity index (χ2v) is 6.98. The molecule has 1 aliphatic heterocycles. The zero-order valence-corrected chi connectivity index (χ0v) is 15.6. The lowest BCUT2D eigenvalue weighted by Crippen LogP contribution is -2.19. The summed E-state index contributed by atoms with van der Waals surface area (Å²) in [5, 5.41) is 14.8. The van der Waals surface area contributed by atoms with Crippen LogP contribution in [0.3, 0.4) is 0 Å². The van der Waals surface area contributed by atoms with Crippen LogP contribution in [0.15, 0.2) is 30.5 Å². The molecule has 9 heteroatoms. The summed E-state index contributed by atoms with van der Waals surface area (Å²) < 4.78 is 35.8. The first kappa shape index (κ1) is 19.0. The molecular formula is C20H23F2N5O2. The summed E-state index contributed by atoms with van der Waals surface area (Å²) >= 11 is 0. The molecule has 0 spiro atoms. The maximum atomic E-state index is 14.8. The predicted octanol–water partition coefficient (Wildman–Crippen LogP) is 3.58. The molecule has 2 aromatic carbocycles. The summed E-state index contributed by atoms with van der Waals surface area (Å²) in [4.78, 5) is 12.6. The van der Waals surface area contributed by atoms with Gasteiger partial charge in [-0.3, -0.25) is 9.48 Å². The number of halogens is 2. The number of anilines is 2. The monoisotopic (exact) mass is 403 g/mol. The maximum absolute atomic E-state index is 14.8. The van der Waals surface area contributed by atoms with Gasteiger partial charge in [-0.25, -0.2) is 8.78 Å². The van der Waals surface area contributed by atoms with Crippen molar-refractivity contribution in [3.05, 3.63) is 53.2 Å². The van der Waals surface area contributed by atoms with Crippen LogP contribution < -0.4 is 11.1 Å². The van der Waals surface area contributed by atoms with Crippen molar-refractivity contribution in [2.24, 2.45) is 13.0 Å². The van der Waals surface area contributed by atoms with E-state index in [-0.39, 0.29) is 25.4 Å². The Bertz CT molecular complexity index is 1150. The van der Waals surface area contributed by atoms with Gasteiger partial charge in [0.05, 0.1) is 23.7 Å². The van der Waals surface area contributed by atoms with E-state index in [1.165, 1.54) is 23.0 Å². The van der Waals surface area contributed by atoms with Gasteiger partial charge in [0.2, 0.25) is 0 Å². The van der Waals surface area contributed by atoms with E-state index < -0.39 is 23.1 Å². The van der Waals surface area contributed by atoms with Crippen molar-refractivity contribution in [2.75, 3.05) is 24.3 Å². The summed E-state index contributed by atoms with van der Waals surface area (Å²) in [6.07, 6.45) is 1.96. The normalized spacial score (nSPS) is 16.3. The van der Waals surface area contributed by atoms with Crippen molar-refractivity contribution in [1.29, 1.82) is 5.41 Å². The van der Waals surface area contributed by atoms with E-state index in [9.17, 15) is 13.6 Å². The number of rotatable bonds is 4. The third-order valence-electron chi connectivity index (χ3n) is 5.11. The molecule has 29 heavy (non-hydrogen) atoms. The molecule has 4 rings (SSSR count). The maximum Gasteiger partial charge on any atom is 0.261 e. The third-order valence-corrected chi connectivity index (χ3v) is 5.11. The number of amides is 1. The molecule has 4 N–H and O–H groups in total. The molecule has 1 unspecified atom stereocenters. The average molecular weight is 403 g/mol. The van der Waals surface area contributed by atoms with Crippen molar-refractivity contribution in [3.8, 4) is 0 Å². The Morgan fingerprint density at radius 3 is 2.93 bits per heavy atom. The molecule has 2 heterocycles. The van der Waals surface area contributed by atoms with Crippen LogP contribution in [0.5, 0.6) is 0 Å². The summed E-state index contributed by atoms with van der Waals surface area (Å²) in [6, 6.07) is 5.68. The molecule has 1 atom stereocenters. The molecule has 1 aromatic heterocycles. The van der Waals surface area contributed by atoms with Crippen LogP contribution in [0, 0.1) is 23.0 Å². The highest BCUT2D eigenvalue weighted by Gasteiger charge is 2.25. The molecule has 1 saturated heterocycles. The Balaban J connectivity index is 0.00000171. The molecule has 3 aromatic rings. The largest absolute Gasteiger partial charge is 0.398 e. The zero-order chi connectivity index (χ0) is 20.7. The van der Waals surface area contributed by atoms with E-state index in [0.29, 0.717) is 30.2 Å². The second-order valence-electron chi connectivity index (χ2n) is 6.98. The summed E-state index contributed by atoms with van der Waals surface area (Å²) in [5.74, 6) is -2.97. The summed E-state index contributed by atoms with van der Waals surface area (Å²) in [7, 11) is 1.56. The fourth-order valence-corrected chi connectivity index (χ4v) is 3.47. The molecule has 0 radical (unpaired) electrons. The van der Waals surface area contributed by atoms with Crippen molar-refractivity contribution in [3.63, 3.8) is 0 Å². The Hall–Kier alpha value is -3.33. The number of aromatic nitrogens is 2. The lowest BCUT2D eigenvalue weighted by Gasteiger charge is -2.15. The highest BCUT2D eigenvalue weighted by Crippen LogP contribution is 2.27. The number of nitrogens with two attached hydrogens (primary N) is 1. The van der Waals surface area contributed by atoms with E-state index in [4.69, 9.17) is 15.9 Å². The van der Waals surface area contributed by atoms with E-state index in [1.807, 2.05) is 0 Å². The van der Waals surface area contributed by atoms with E-state index in [2.05, 4.69) is 10.4 Å². The quantitative estimate of drug-likeness (QED) is 0.457. The molecule has 0 bridgehead atoms. The van der Waals surface area contributed by atoms with Gasteiger partial charge in [-0.2, -0.15) is 5.10 Å². The van der Waals surface area contributed by atoms with E-state index >= 15 is 0 Å². The Morgan fingerprint density at radius 2 is 2.21 bits per heavy atom. The Labute approximate surface area is 167 Å². The number of hydrogen-bond donors (Lipinski definition) is 3. The van der Waals surface area contributed by atoms with Crippen molar-refractivity contribution < 1.29 is 21.2 Å². The summed E-state index contributed by atoms with van der Waals surface area (Å²) in [5.41, 5.74) is 6.99. The molecule has 7 nitrogen and oxygen atoms in total. The number of benzene rings is 2. The number of fused-ring (bicyclic) bond motifs is 1. The van der Waals surface area contributed by atoms with Crippen LogP contribution in [-0.4, -0.2) is 34.6 Å². The number of carbonyl (C=O) groups excluding carboxylic acids is 1. The van der Waals surface area contributed by atoms with Crippen LogP contribution in [0.25, 0.3) is 10.9 Å². The lowest BCUT2D eigenvalue weighted by molar-refractivity contribution is 0.101. The minimum Gasteiger partial charge on any atom is -0.398 e. The smallest absolute Gasteiger partial charge is 0.261 e.